The van der Waals surface area contributed by atoms with Gasteiger partial charge in [0, 0.05) is 24.7 Å². The number of benzene rings is 1. The van der Waals surface area contributed by atoms with Crippen molar-refractivity contribution in [3.05, 3.63) is 63.0 Å². The van der Waals surface area contributed by atoms with Gasteiger partial charge in [-0.1, -0.05) is 41.7 Å². The molecule has 4 rings (SSSR count). The molecule has 0 saturated carbocycles. The highest BCUT2D eigenvalue weighted by Gasteiger charge is 2.38. The second kappa shape index (κ2) is 7.75. The van der Waals surface area contributed by atoms with Crippen LogP contribution in [0.3, 0.4) is 0 Å². The van der Waals surface area contributed by atoms with E-state index in [-0.39, 0.29) is 30.5 Å². The Morgan fingerprint density at radius 3 is 2.83 bits per heavy atom. The lowest BCUT2D eigenvalue weighted by Crippen LogP contribution is -2.29. The number of carbonyl (C=O) groups excluding carboxylic acids is 2. The molecule has 1 aromatic carbocycles. The minimum atomic E-state index is -0.508. The van der Waals surface area contributed by atoms with Gasteiger partial charge < -0.3 is 9.64 Å². The Balaban J connectivity index is 1.40. The largest absolute Gasteiger partial charge is 0.458 e. The number of nitrogens with zero attached hydrogens (tertiary/aromatic N) is 4. The summed E-state index contributed by atoms with van der Waals surface area (Å²) < 4.78 is 6.58. The second-order valence-corrected chi connectivity index (χ2v) is 8.11. The number of aromatic nitrogens is 3. The molecule has 1 saturated heterocycles. The Labute approximate surface area is 170 Å². The topological polar surface area (TPSA) is 93.9 Å². The van der Waals surface area contributed by atoms with E-state index in [0.717, 1.165) is 5.56 Å². The van der Waals surface area contributed by atoms with Crippen molar-refractivity contribution in [3.8, 4) is 0 Å². The van der Waals surface area contributed by atoms with Crippen LogP contribution in [0.4, 0.5) is 0 Å². The van der Waals surface area contributed by atoms with Crippen molar-refractivity contribution in [1.82, 2.24) is 19.5 Å². The number of esters is 1. The summed E-state index contributed by atoms with van der Waals surface area (Å²) in [4.78, 5) is 43.3. The molecule has 1 amide bonds. The third kappa shape index (κ3) is 3.91. The number of hydrogen-bond acceptors (Lipinski definition) is 7. The van der Waals surface area contributed by atoms with Crippen LogP contribution in [0.1, 0.15) is 35.7 Å². The Hall–Kier alpha value is -3.07. The molecule has 0 radical (unpaired) electrons. The fourth-order valence-electron chi connectivity index (χ4n) is 3.44. The summed E-state index contributed by atoms with van der Waals surface area (Å²) in [6.45, 7) is 3.97. The van der Waals surface area contributed by atoms with Gasteiger partial charge in [0.2, 0.25) is 10.9 Å². The number of ether oxygens (including phenoxy) is 1. The molecule has 8 nitrogen and oxygen atoms in total. The van der Waals surface area contributed by atoms with Crippen molar-refractivity contribution in [2.45, 2.75) is 32.9 Å². The molecule has 29 heavy (non-hydrogen) atoms. The summed E-state index contributed by atoms with van der Waals surface area (Å²) in [5.41, 5.74) is 1.37. The first-order chi connectivity index (χ1) is 13.9. The lowest BCUT2D eigenvalue weighted by molar-refractivity contribution is -0.149. The third-order valence-electron chi connectivity index (χ3n) is 4.99. The van der Waals surface area contributed by atoms with Crippen molar-refractivity contribution in [3.63, 3.8) is 0 Å². The van der Waals surface area contributed by atoms with Crippen LogP contribution >= 0.6 is 11.3 Å². The van der Waals surface area contributed by atoms with Crippen molar-refractivity contribution >= 4 is 28.2 Å². The summed E-state index contributed by atoms with van der Waals surface area (Å²) in [5, 5.41) is 4.63. The molecule has 1 aliphatic heterocycles. The highest BCUT2D eigenvalue weighted by molar-refractivity contribution is 7.16. The van der Waals surface area contributed by atoms with Gasteiger partial charge in [-0.05, 0) is 19.4 Å². The first-order valence-electron chi connectivity index (χ1n) is 9.30. The Morgan fingerprint density at radius 2 is 2.07 bits per heavy atom. The van der Waals surface area contributed by atoms with Crippen LogP contribution in [-0.4, -0.2) is 37.9 Å². The van der Waals surface area contributed by atoms with E-state index in [1.54, 1.807) is 11.8 Å². The monoisotopic (exact) mass is 412 g/mol. The first kappa shape index (κ1) is 19.3. The van der Waals surface area contributed by atoms with Crippen LogP contribution in [0.5, 0.6) is 0 Å². The van der Waals surface area contributed by atoms with E-state index >= 15 is 0 Å². The number of rotatable bonds is 5. The van der Waals surface area contributed by atoms with Crippen LogP contribution < -0.4 is 5.56 Å². The number of aryl methyl sites for hydroxylation is 1. The number of fused-ring (bicyclic) bond motifs is 1. The van der Waals surface area contributed by atoms with Crippen molar-refractivity contribution < 1.29 is 14.3 Å². The maximum atomic E-state index is 12.5. The van der Waals surface area contributed by atoms with Crippen molar-refractivity contribution in [2.75, 3.05) is 6.54 Å². The van der Waals surface area contributed by atoms with Crippen LogP contribution in [0.15, 0.2) is 41.2 Å². The van der Waals surface area contributed by atoms with E-state index in [0.29, 0.717) is 22.2 Å². The van der Waals surface area contributed by atoms with Crippen LogP contribution in [-0.2, 0) is 20.9 Å². The van der Waals surface area contributed by atoms with E-state index in [1.807, 2.05) is 37.3 Å². The molecule has 3 heterocycles. The van der Waals surface area contributed by atoms with Gasteiger partial charge in [-0.25, -0.2) is 4.98 Å². The van der Waals surface area contributed by atoms with Gasteiger partial charge in [0.1, 0.15) is 6.61 Å². The van der Waals surface area contributed by atoms with Crippen LogP contribution in [0.2, 0.25) is 0 Å². The molecule has 1 aliphatic rings. The average Bonchev–Trinajstić information content (AvgIpc) is 3.30. The Bertz CT molecular complexity index is 1120. The standard InChI is InChI=1S/C20H20N4O4S/c1-12-8-18(26)24-20(21-12)29-16(22-24)11-28-19(27)15-9-17(25)23(10-15)13(2)14-6-4-3-5-7-14/h3-8,13,15H,9-11H2,1-2H3/t13-,15-/m1/s1. The van der Waals surface area contributed by atoms with Gasteiger partial charge in [-0.2, -0.15) is 9.61 Å². The predicted molar refractivity (Wildman–Crippen MR) is 106 cm³/mol. The lowest BCUT2D eigenvalue weighted by Gasteiger charge is -2.25. The molecule has 0 N–H and O–H groups in total. The molecule has 0 unspecified atom stereocenters. The fraction of sp³-hybridized carbons (Fsp3) is 0.350. The van der Waals surface area contributed by atoms with Gasteiger partial charge in [0.25, 0.3) is 5.56 Å². The van der Waals surface area contributed by atoms with E-state index in [4.69, 9.17) is 4.74 Å². The van der Waals surface area contributed by atoms with E-state index in [1.165, 1.54) is 21.9 Å². The predicted octanol–water partition coefficient (Wildman–Crippen LogP) is 2.11. The second-order valence-electron chi connectivity index (χ2n) is 7.07. The molecule has 9 heteroatoms. The molecule has 0 spiro atoms. The lowest BCUT2D eigenvalue weighted by atomic mass is 10.1. The number of carbonyl (C=O) groups is 2. The molecule has 2 aromatic heterocycles. The fourth-order valence-corrected chi connectivity index (χ4v) is 4.30. The van der Waals surface area contributed by atoms with Crippen molar-refractivity contribution in [1.29, 1.82) is 0 Å². The maximum absolute atomic E-state index is 12.5. The number of likely N-dealkylation sites (tertiary alicyclic amines) is 1. The smallest absolute Gasteiger partial charge is 0.311 e. The Kier molecular flexibility index (Phi) is 5.14. The van der Waals surface area contributed by atoms with Crippen LogP contribution in [0.25, 0.3) is 4.96 Å². The molecule has 0 bridgehead atoms. The summed E-state index contributed by atoms with van der Waals surface area (Å²) in [6.07, 6.45) is 0.135. The van der Waals surface area contributed by atoms with E-state index < -0.39 is 11.9 Å². The first-order valence-corrected chi connectivity index (χ1v) is 10.1. The molecule has 150 valence electrons. The number of hydrogen-bond donors (Lipinski definition) is 0. The molecule has 0 aliphatic carbocycles. The summed E-state index contributed by atoms with van der Waals surface area (Å²) in [7, 11) is 0. The third-order valence-corrected chi connectivity index (χ3v) is 5.88. The van der Waals surface area contributed by atoms with E-state index in [2.05, 4.69) is 10.1 Å². The average molecular weight is 412 g/mol. The van der Waals surface area contributed by atoms with Gasteiger partial charge in [0.05, 0.1) is 12.0 Å². The molecular formula is C20H20N4O4S. The minimum absolute atomic E-state index is 0.0513. The molecular weight excluding hydrogens is 392 g/mol. The SMILES string of the molecule is Cc1cc(=O)n2nc(COC(=O)[C@@H]3CC(=O)N([C@H](C)c4ccccc4)C3)sc2n1. The molecule has 3 aromatic rings. The summed E-state index contributed by atoms with van der Waals surface area (Å²) in [5.74, 6) is -1.00. The molecule has 1 fully saturated rings. The zero-order valence-electron chi connectivity index (χ0n) is 16.1. The van der Waals surface area contributed by atoms with Gasteiger partial charge in [0.15, 0.2) is 5.01 Å². The number of amides is 1. The minimum Gasteiger partial charge on any atom is -0.458 e. The van der Waals surface area contributed by atoms with Crippen LogP contribution in [0, 0.1) is 12.8 Å². The van der Waals surface area contributed by atoms with Crippen molar-refractivity contribution in [2.24, 2.45) is 5.92 Å². The summed E-state index contributed by atoms with van der Waals surface area (Å²) in [6, 6.07) is 11.0. The summed E-state index contributed by atoms with van der Waals surface area (Å²) >= 11 is 1.20. The maximum Gasteiger partial charge on any atom is 0.311 e. The zero-order chi connectivity index (χ0) is 20.5. The normalized spacial score (nSPS) is 17.7. The van der Waals surface area contributed by atoms with Gasteiger partial charge in [-0.15, -0.1) is 0 Å². The highest BCUT2D eigenvalue weighted by atomic mass is 32.1. The Morgan fingerprint density at radius 1 is 1.31 bits per heavy atom. The quantitative estimate of drug-likeness (QED) is 0.596. The van der Waals surface area contributed by atoms with E-state index in [9.17, 15) is 14.4 Å². The zero-order valence-corrected chi connectivity index (χ0v) is 16.9. The van der Waals surface area contributed by atoms with Gasteiger partial charge in [-0.3, -0.25) is 14.4 Å². The van der Waals surface area contributed by atoms with Gasteiger partial charge >= 0.3 is 5.97 Å². The molecule has 2 atom stereocenters. The highest BCUT2D eigenvalue weighted by Crippen LogP contribution is 2.29.